The summed E-state index contributed by atoms with van der Waals surface area (Å²) >= 11 is 3.57. The molecule has 0 spiro atoms. The van der Waals surface area contributed by atoms with Crippen LogP contribution in [-0.2, 0) is 6.54 Å². The average Bonchev–Trinajstić information content (AvgIpc) is 2.48. The molecule has 21 heavy (non-hydrogen) atoms. The predicted molar refractivity (Wildman–Crippen MR) is 88.7 cm³/mol. The van der Waals surface area contributed by atoms with Crippen molar-refractivity contribution in [3.05, 3.63) is 58.1 Å². The van der Waals surface area contributed by atoms with Crippen LogP contribution < -0.4 is 10.1 Å². The molecule has 4 heteroatoms. The van der Waals surface area contributed by atoms with E-state index in [9.17, 15) is 5.11 Å². The lowest BCUT2D eigenvalue weighted by molar-refractivity contribution is 0.317. The molecular formula is C17H20BrNO2. The minimum absolute atomic E-state index is 0.180. The van der Waals surface area contributed by atoms with Crippen LogP contribution in [0.1, 0.15) is 31.0 Å². The zero-order valence-corrected chi connectivity index (χ0v) is 13.9. The quantitative estimate of drug-likeness (QED) is 0.811. The van der Waals surface area contributed by atoms with E-state index in [0.29, 0.717) is 18.9 Å². The van der Waals surface area contributed by atoms with Crippen LogP contribution in [0.25, 0.3) is 0 Å². The van der Waals surface area contributed by atoms with E-state index in [0.717, 1.165) is 10.0 Å². The van der Waals surface area contributed by atoms with Crippen molar-refractivity contribution in [2.24, 2.45) is 0 Å². The van der Waals surface area contributed by atoms with Gasteiger partial charge in [0.15, 0.2) is 11.5 Å². The van der Waals surface area contributed by atoms with Gasteiger partial charge in [0.2, 0.25) is 0 Å². The summed E-state index contributed by atoms with van der Waals surface area (Å²) in [5, 5.41) is 13.2. The smallest absolute Gasteiger partial charge is 0.161 e. The molecule has 3 nitrogen and oxygen atoms in total. The third kappa shape index (κ3) is 4.22. The molecule has 2 aromatic rings. The van der Waals surface area contributed by atoms with Crippen LogP contribution in [0.15, 0.2) is 46.9 Å². The van der Waals surface area contributed by atoms with Crippen LogP contribution >= 0.6 is 15.9 Å². The number of benzene rings is 2. The van der Waals surface area contributed by atoms with Crippen LogP contribution in [0.4, 0.5) is 0 Å². The molecule has 0 amide bonds. The third-order valence-electron chi connectivity index (χ3n) is 3.31. The van der Waals surface area contributed by atoms with Gasteiger partial charge < -0.3 is 15.2 Å². The van der Waals surface area contributed by atoms with Crippen molar-refractivity contribution in [3.8, 4) is 11.5 Å². The van der Waals surface area contributed by atoms with E-state index < -0.39 is 0 Å². The zero-order valence-electron chi connectivity index (χ0n) is 12.3. The van der Waals surface area contributed by atoms with E-state index in [4.69, 9.17) is 4.74 Å². The van der Waals surface area contributed by atoms with Crippen LogP contribution in [0, 0.1) is 0 Å². The van der Waals surface area contributed by atoms with Crippen LogP contribution in [0.3, 0.4) is 0 Å². The first-order valence-electron chi connectivity index (χ1n) is 7.04. The van der Waals surface area contributed by atoms with Gasteiger partial charge in [0.1, 0.15) is 0 Å². The second-order valence-corrected chi connectivity index (χ2v) is 5.71. The Morgan fingerprint density at radius 2 is 2.00 bits per heavy atom. The number of hydrogen-bond donors (Lipinski definition) is 2. The third-order valence-corrected chi connectivity index (χ3v) is 4.03. The number of nitrogens with one attached hydrogen (secondary N) is 1. The molecule has 0 fully saturated rings. The summed E-state index contributed by atoms with van der Waals surface area (Å²) in [5.74, 6) is 0.713. The molecule has 0 bridgehead atoms. The number of rotatable bonds is 6. The average molecular weight is 350 g/mol. The molecule has 2 N–H and O–H groups in total. The topological polar surface area (TPSA) is 41.5 Å². The molecule has 2 aromatic carbocycles. The van der Waals surface area contributed by atoms with Gasteiger partial charge in [0, 0.05) is 17.1 Å². The predicted octanol–water partition coefficient (Wildman–Crippen LogP) is 4.40. The Labute approximate surface area is 134 Å². The monoisotopic (exact) mass is 349 g/mol. The van der Waals surface area contributed by atoms with Crippen molar-refractivity contribution < 1.29 is 9.84 Å². The highest BCUT2D eigenvalue weighted by molar-refractivity contribution is 9.10. The maximum Gasteiger partial charge on any atom is 0.161 e. The minimum atomic E-state index is 0.180. The van der Waals surface area contributed by atoms with E-state index in [1.54, 1.807) is 6.07 Å². The van der Waals surface area contributed by atoms with Gasteiger partial charge in [-0.3, -0.25) is 0 Å². The van der Waals surface area contributed by atoms with E-state index in [2.05, 4.69) is 34.2 Å². The number of aromatic hydroxyl groups is 1. The summed E-state index contributed by atoms with van der Waals surface area (Å²) in [7, 11) is 0. The molecule has 0 saturated carbocycles. The molecule has 0 heterocycles. The van der Waals surface area contributed by atoms with E-state index in [1.165, 1.54) is 5.56 Å². The van der Waals surface area contributed by atoms with Gasteiger partial charge in [-0.25, -0.2) is 0 Å². The fourth-order valence-electron chi connectivity index (χ4n) is 2.15. The first kappa shape index (κ1) is 15.9. The van der Waals surface area contributed by atoms with Gasteiger partial charge in [-0.15, -0.1) is 0 Å². The largest absolute Gasteiger partial charge is 0.504 e. The second kappa shape index (κ2) is 7.48. The SMILES string of the molecule is CCOc1cc(CN[C@H](C)c2ccccc2Br)ccc1O. The minimum Gasteiger partial charge on any atom is -0.504 e. The molecule has 112 valence electrons. The van der Waals surface area contributed by atoms with Crippen molar-refractivity contribution in [1.82, 2.24) is 5.32 Å². The lowest BCUT2D eigenvalue weighted by Gasteiger charge is -2.16. The lowest BCUT2D eigenvalue weighted by Crippen LogP contribution is -2.18. The highest BCUT2D eigenvalue weighted by Crippen LogP contribution is 2.27. The Morgan fingerprint density at radius 3 is 2.71 bits per heavy atom. The number of ether oxygens (including phenoxy) is 1. The highest BCUT2D eigenvalue weighted by atomic mass is 79.9. The second-order valence-electron chi connectivity index (χ2n) is 4.86. The molecule has 0 aliphatic heterocycles. The highest BCUT2D eigenvalue weighted by Gasteiger charge is 2.09. The Kier molecular flexibility index (Phi) is 5.65. The number of phenols is 1. The molecule has 0 unspecified atom stereocenters. The molecular weight excluding hydrogens is 330 g/mol. The normalized spacial score (nSPS) is 12.1. The zero-order chi connectivity index (χ0) is 15.2. The maximum atomic E-state index is 9.71. The number of hydrogen-bond acceptors (Lipinski definition) is 3. The van der Waals surface area contributed by atoms with Crippen molar-refractivity contribution in [2.75, 3.05) is 6.61 Å². The Bertz CT molecular complexity index is 601. The summed E-state index contributed by atoms with van der Waals surface area (Å²) < 4.78 is 6.51. The summed E-state index contributed by atoms with van der Waals surface area (Å²) in [6.07, 6.45) is 0. The van der Waals surface area contributed by atoms with Gasteiger partial charge in [-0.1, -0.05) is 40.2 Å². The first-order chi connectivity index (χ1) is 10.1. The summed E-state index contributed by atoms with van der Waals surface area (Å²) in [4.78, 5) is 0. The molecule has 0 aromatic heterocycles. The summed E-state index contributed by atoms with van der Waals surface area (Å²) in [6, 6.07) is 13.9. The fraction of sp³-hybridized carbons (Fsp3) is 0.294. The Balaban J connectivity index is 2.03. The van der Waals surface area contributed by atoms with Crippen LogP contribution in [0.2, 0.25) is 0 Å². The molecule has 2 rings (SSSR count). The van der Waals surface area contributed by atoms with Crippen molar-refractivity contribution >= 4 is 15.9 Å². The van der Waals surface area contributed by atoms with E-state index >= 15 is 0 Å². The molecule has 0 radical (unpaired) electrons. The molecule has 0 aliphatic rings. The fourth-order valence-corrected chi connectivity index (χ4v) is 2.77. The number of phenolic OH excluding ortho intramolecular Hbond substituents is 1. The van der Waals surface area contributed by atoms with E-state index in [-0.39, 0.29) is 11.8 Å². The Hall–Kier alpha value is -1.52. The maximum absolute atomic E-state index is 9.71. The first-order valence-corrected chi connectivity index (χ1v) is 7.83. The van der Waals surface area contributed by atoms with E-state index in [1.807, 2.05) is 37.3 Å². The standard InChI is InChI=1S/C17H20BrNO2/c1-3-21-17-10-13(8-9-16(17)20)11-19-12(2)14-6-4-5-7-15(14)18/h4-10,12,19-20H,3,11H2,1-2H3/t12-/m1/s1. The number of halogens is 1. The van der Waals surface area contributed by atoms with Crippen molar-refractivity contribution in [2.45, 2.75) is 26.4 Å². The van der Waals surface area contributed by atoms with Crippen LogP contribution in [0.5, 0.6) is 11.5 Å². The van der Waals surface area contributed by atoms with Gasteiger partial charge in [-0.2, -0.15) is 0 Å². The lowest BCUT2D eigenvalue weighted by atomic mass is 10.1. The summed E-state index contributed by atoms with van der Waals surface area (Å²) in [5.41, 5.74) is 2.30. The van der Waals surface area contributed by atoms with Gasteiger partial charge in [-0.05, 0) is 43.2 Å². The summed E-state index contributed by atoms with van der Waals surface area (Å²) in [6.45, 7) is 5.28. The van der Waals surface area contributed by atoms with Gasteiger partial charge in [0.25, 0.3) is 0 Å². The van der Waals surface area contributed by atoms with Crippen molar-refractivity contribution in [1.29, 1.82) is 0 Å². The molecule has 1 atom stereocenters. The van der Waals surface area contributed by atoms with Gasteiger partial charge >= 0.3 is 0 Å². The van der Waals surface area contributed by atoms with Gasteiger partial charge in [0.05, 0.1) is 6.61 Å². The Morgan fingerprint density at radius 1 is 1.24 bits per heavy atom. The molecule has 0 saturated heterocycles. The molecule has 0 aliphatic carbocycles. The van der Waals surface area contributed by atoms with Crippen LogP contribution in [-0.4, -0.2) is 11.7 Å². The van der Waals surface area contributed by atoms with Crippen molar-refractivity contribution in [3.63, 3.8) is 0 Å².